The van der Waals surface area contributed by atoms with Crippen LogP contribution in [-0.2, 0) is 14.9 Å². The molecule has 1 aromatic carbocycles. The van der Waals surface area contributed by atoms with Crippen molar-refractivity contribution < 1.29 is 9.53 Å². The minimum atomic E-state index is -0.507. The lowest BCUT2D eigenvalue weighted by Gasteiger charge is -2.39. The summed E-state index contributed by atoms with van der Waals surface area (Å²) in [5.41, 5.74) is 0.510. The van der Waals surface area contributed by atoms with Gasteiger partial charge in [-0.3, -0.25) is 4.79 Å². The molecular formula is C15H21Cl2NO2. The fourth-order valence-corrected chi connectivity index (χ4v) is 2.78. The summed E-state index contributed by atoms with van der Waals surface area (Å²) in [6, 6.07) is 7.58. The second-order valence-electron chi connectivity index (χ2n) is 5.11. The minimum Gasteiger partial charge on any atom is -0.465 e. The molecule has 5 heteroatoms. The third kappa shape index (κ3) is 3.46. The van der Waals surface area contributed by atoms with Crippen LogP contribution in [-0.4, -0.2) is 37.6 Å². The van der Waals surface area contributed by atoms with Gasteiger partial charge in [0.15, 0.2) is 0 Å². The molecule has 1 saturated heterocycles. The lowest BCUT2D eigenvalue weighted by atomic mass is 9.73. The van der Waals surface area contributed by atoms with Crippen molar-refractivity contribution >= 4 is 30.0 Å². The number of hydrogen-bond acceptors (Lipinski definition) is 3. The van der Waals surface area contributed by atoms with Crippen LogP contribution in [0, 0.1) is 0 Å². The summed E-state index contributed by atoms with van der Waals surface area (Å²) in [6.45, 7) is 4.08. The Hall–Kier alpha value is -0.770. The SMILES string of the molecule is CCOC(=O)C1(c2ccc(Cl)cc2)CCN(C)CC1.Cl. The zero-order chi connectivity index (χ0) is 13.9. The van der Waals surface area contributed by atoms with E-state index in [1.54, 1.807) is 0 Å². The van der Waals surface area contributed by atoms with Crippen molar-refractivity contribution in [2.45, 2.75) is 25.2 Å². The van der Waals surface area contributed by atoms with Gasteiger partial charge in [-0.05, 0) is 57.6 Å². The van der Waals surface area contributed by atoms with Crippen LogP contribution < -0.4 is 0 Å². The summed E-state index contributed by atoms with van der Waals surface area (Å²) < 4.78 is 5.31. The number of carbonyl (C=O) groups excluding carboxylic acids is 1. The molecule has 0 aliphatic carbocycles. The first kappa shape index (κ1) is 17.3. The van der Waals surface area contributed by atoms with E-state index >= 15 is 0 Å². The monoisotopic (exact) mass is 317 g/mol. The average molecular weight is 318 g/mol. The number of carbonyl (C=O) groups is 1. The molecule has 0 saturated carbocycles. The van der Waals surface area contributed by atoms with Gasteiger partial charge in [-0.1, -0.05) is 23.7 Å². The predicted octanol–water partition coefficient (Wildman–Crippen LogP) is 3.29. The van der Waals surface area contributed by atoms with E-state index in [1.165, 1.54) is 0 Å². The fraction of sp³-hybridized carbons (Fsp3) is 0.533. The molecule has 1 aromatic rings. The standard InChI is InChI=1S/C15H20ClNO2.ClH/c1-3-19-14(18)15(8-10-17(2)11-9-15)12-4-6-13(16)7-5-12;/h4-7H,3,8-11H2,1-2H3;1H. The Balaban J connectivity index is 0.00000200. The Kier molecular flexibility index (Phi) is 6.31. The maximum Gasteiger partial charge on any atom is 0.316 e. The lowest BCUT2D eigenvalue weighted by Crippen LogP contribution is -2.47. The van der Waals surface area contributed by atoms with Gasteiger partial charge in [0, 0.05) is 5.02 Å². The van der Waals surface area contributed by atoms with Crippen LogP contribution in [0.5, 0.6) is 0 Å². The van der Waals surface area contributed by atoms with Gasteiger partial charge >= 0.3 is 5.97 Å². The summed E-state index contributed by atoms with van der Waals surface area (Å²) in [7, 11) is 2.08. The van der Waals surface area contributed by atoms with Crippen LogP contribution in [0.3, 0.4) is 0 Å². The van der Waals surface area contributed by atoms with E-state index in [9.17, 15) is 4.79 Å². The van der Waals surface area contributed by atoms with Gasteiger partial charge in [0.1, 0.15) is 0 Å². The number of nitrogens with zero attached hydrogens (tertiary/aromatic N) is 1. The van der Waals surface area contributed by atoms with Crippen LogP contribution in [0.2, 0.25) is 5.02 Å². The summed E-state index contributed by atoms with van der Waals surface area (Å²) in [6.07, 6.45) is 1.59. The number of ether oxygens (including phenoxy) is 1. The van der Waals surface area contributed by atoms with Crippen molar-refractivity contribution in [1.29, 1.82) is 0 Å². The number of benzene rings is 1. The van der Waals surface area contributed by atoms with Crippen LogP contribution >= 0.6 is 24.0 Å². The normalized spacial score (nSPS) is 18.1. The zero-order valence-corrected chi connectivity index (χ0v) is 13.5. The number of halogens is 2. The molecule has 0 N–H and O–H groups in total. The number of esters is 1. The third-order valence-electron chi connectivity index (χ3n) is 3.90. The molecule has 1 fully saturated rings. The third-order valence-corrected chi connectivity index (χ3v) is 4.16. The van der Waals surface area contributed by atoms with Gasteiger partial charge in [0.25, 0.3) is 0 Å². The van der Waals surface area contributed by atoms with Gasteiger partial charge in [0.2, 0.25) is 0 Å². The molecule has 0 radical (unpaired) electrons. The number of piperidine rings is 1. The summed E-state index contributed by atoms with van der Waals surface area (Å²) in [5.74, 6) is -0.106. The number of rotatable bonds is 3. The fourth-order valence-electron chi connectivity index (χ4n) is 2.65. The second kappa shape index (κ2) is 7.30. The molecule has 2 rings (SSSR count). The molecule has 20 heavy (non-hydrogen) atoms. The highest BCUT2D eigenvalue weighted by Crippen LogP contribution is 2.37. The summed E-state index contributed by atoms with van der Waals surface area (Å²) in [5, 5.41) is 0.690. The first-order chi connectivity index (χ1) is 9.08. The van der Waals surface area contributed by atoms with Crippen LogP contribution in [0.1, 0.15) is 25.3 Å². The molecule has 0 atom stereocenters. The Morgan fingerprint density at radius 2 is 1.85 bits per heavy atom. The molecule has 1 aliphatic rings. The Morgan fingerprint density at radius 1 is 1.30 bits per heavy atom. The molecule has 0 spiro atoms. The molecule has 1 aliphatic heterocycles. The molecule has 0 amide bonds. The van der Waals surface area contributed by atoms with Gasteiger partial charge in [0.05, 0.1) is 12.0 Å². The first-order valence-corrected chi connectivity index (χ1v) is 7.08. The van der Waals surface area contributed by atoms with E-state index in [0.29, 0.717) is 11.6 Å². The average Bonchev–Trinajstić information content (AvgIpc) is 2.41. The van der Waals surface area contributed by atoms with Gasteiger partial charge < -0.3 is 9.64 Å². The topological polar surface area (TPSA) is 29.5 Å². The number of hydrogen-bond donors (Lipinski definition) is 0. The highest BCUT2D eigenvalue weighted by Gasteiger charge is 2.43. The maximum atomic E-state index is 12.4. The van der Waals surface area contributed by atoms with Gasteiger partial charge in [-0.25, -0.2) is 0 Å². The summed E-state index contributed by atoms with van der Waals surface area (Å²) in [4.78, 5) is 14.7. The van der Waals surface area contributed by atoms with Gasteiger partial charge in [-0.2, -0.15) is 0 Å². The van der Waals surface area contributed by atoms with E-state index in [2.05, 4.69) is 11.9 Å². The van der Waals surface area contributed by atoms with E-state index in [1.807, 2.05) is 31.2 Å². The van der Waals surface area contributed by atoms with Crippen LogP contribution in [0.4, 0.5) is 0 Å². The first-order valence-electron chi connectivity index (χ1n) is 6.70. The van der Waals surface area contributed by atoms with Crippen molar-refractivity contribution in [2.24, 2.45) is 0 Å². The highest BCUT2D eigenvalue weighted by atomic mass is 35.5. The minimum absolute atomic E-state index is 0. The lowest BCUT2D eigenvalue weighted by molar-refractivity contribution is -0.152. The van der Waals surface area contributed by atoms with Crippen molar-refractivity contribution in [3.05, 3.63) is 34.9 Å². The molecule has 0 aromatic heterocycles. The molecule has 0 unspecified atom stereocenters. The molecular weight excluding hydrogens is 297 g/mol. The van der Waals surface area contributed by atoms with E-state index in [0.717, 1.165) is 31.5 Å². The van der Waals surface area contributed by atoms with E-state index in [4.69, 9.17) is 16.3 Å². The summed E-state index contributed by atoms with van der Waals surface area (Å²) >= 11 is 5.94. The van der Waals surface area contributed by atoms with Crippen molar-refractivity contribution in [1.82, 2.24) is 4.90 Å². The molecule has 112 valence electrons. The van der Waals surface area contributed by atoms with Crippen molar-refractivity contribution in [2.75, 3.05) is 26.7 Å². The quantitative estimate of drug-likeness (QED) is 0.801. The van der Waals surface area contributed by atoms with E-state index in [-0.39, 0.29) is 18.4 Å². The van der Waals surface area contributed by atoms with Crippen LogP contribution in [0.25, 0.3) is 0 Å². The predicted molar refractivity (Wildman–Crippen MR) is 83.7 cm³/mol. The van der Waals surface area contributed by atoms with Crippen molar-refractivity contribution in [3.8, 4) is 0 Å². The zero-order valence-electron chi connectivity index (χ0n) is 11.9. The number of likely N-dealkylation sites (tertiary alicyclic amines) is 1. The smallest absolute Gasteiger partial charge is 0.316 e. The van der Waals surface area contributed by atoms with Crippen LogP contribution in [0.15, 0.2) is 24.3 Å². The van der Waals surface area contributed by atoms with Crippen molar-refractivity contribution in [3.63, 3.8) is 0 Å². The Labute approximate surface area is 131 Å². The molecule has 1 heterocycles. The molecule has 3 nitrogen and oxygen atoms in total. The second-order valence-corrected chi connectivity index (χ2v) is 5.55. The largest absolute Gasteiger partial charge is 0.465 e. The highest BCUT2D eigenvalue weighted by molar-refractivity contribution is 6.30. The van der Waals surface area contributed by atoms with E-state index < -0.39 is 5.41 Å². The Bertz CT molecular complexity index is 440. The Morgan fingerprint density at radius 3 is 2.35 bits per heavy atom. The molecule has 0 bridgehead atoms. The van der Waals surface area contributed by atoms with Gasteiger partial charge in [-0.15, -0.1) is 12.4 Å². The maximum absolute atomic E-state index is 12.4.